The van der Waals surface area contributed by atoms with Gasteiger partial charge in [-0.25, -0.2) is 0 Å². The zero-order chi connectivity index (χ0) is 17.1. The van der Waals surface area contributed by atoms with E-state index in [-0.39, 0.29) is 0 Å². The van der Waals surface area contributed by atoms with Crippen LogP contribution in [-0.2, 0) is 13.1 Å². The number of rotatable bonds is 6. The average Bonchev–Trinajstić information content (AvgIpc) is 3.09. The van der Waals surface area contributed by atoms with Crippen LogP contribution in [0.25, 0.3) is 0 Å². The first kappa shape index (κ1) is 17.2. The molecule has 2 unspecified atom stereocenters. The Morgan fingerprint density at radius 3 is 2.62 bits per heavy atom. The van der Waals surface area contributed by atoms with Gasteiger partial charge in [0, 0.05) is 49.5 Å². The molecule has 4 nitrogen and oxygen atoms in total. The Hall–Kier alpha value is -1.65. The molecule has 2 aromatic rings. The normalized spacial score (nSPS) is 21.7. The monoisotopic (exact) mass is 326 g/mol. The van der Waals surface area contributed by atoms with Crippen LogP contribution < -0.4 is 5.32 Å². The third kappa shape index (κ3) is 3.87. The van der Waals surface area contributed by atoms with Gasteiger partial charge in [0.2, 0.25) is 0 Å². The minimum absolute atomic E-state index is 0.422. The molecule has 3 rings (SSSR count). The number of hydrogen-bond acceptors (Lipinski definition) is 3. The van der Waals surface area contributed by atoms with E-state index in [0.29, 0.717) is 18.0 Å². The summed E-state index contributed by atoms with van der Waals surface area (Å²) in [6.07, 6.45) is 2.02. The van der Waals surface area contributed by atoms with E-state index in [1.807, 2.05) is 6.20 Å². The van der Waals surface area contributed by atoms with Crippen molar-refractivity contribution >= 4 is 0 Å². The van der Waals surface area contributed by atoms with Crippen LogP contribution in [0.3, 0.4) is 0 Å². The second-order valence-corrected chi connectivity index (χ2v) is 7.44. The van der Waals surface area contributed by atoms with Crippen LogP contribution in [0.4, 0.5) is 0 Å². The van der Waals surface area contributed by atoms with Crippen LogP contribution in [0.15, 0.2) is 36.5 Å². The highest BCUT2D eigenvalue weighted by Gasteiger charge is 2.29. The first-order chi connectivity index (χ1) is 11.5. The van der Waals surface area contributed by atoms with E-state index in [1.165, 1.54) is 16.8 Å². The van der Waals surface area contributed by atoms with Crippen LogP contribution in [0.5, 0.6) is 0 Å². The number of hydrogen-bond donors (Lipinski definition) is 1. The van der Waals surface area contributed by atoms with Crippen LogP contribution in [0.1, 0.15) is 43.6 Å². The van der Waals surface area contributed by atoms with Gasteiger partial charge in [-0.15, -0.1) is 0 Å². The van der Waals surface area contributed by atoms with Gasteiger partial charge >= 0.3 is 0 Å². The fourth-order valence-electron chi connectivity index (χ4n) is 3.70. The highest BCUT2D eigenvalue weighted by molar-refractivity contribution is 5.17. The molecular formula is C20H30N4. The second-order valence-electron chi connectivity index (χ2n) is 7.44. The average molecular weight is 326 g/mol. The molecule has 0 radical (unpaired) electrons. The molecule has 1 aromatic heterocycles. The molecule has 130 valence electrons. The van der Waals surface area contributed by atoms with E-state index < -0.39 is 0 Å². The summed E-state index contributed by atoms with van der Waals surface area (Å²) >= 11 is 0. The lowest BCUT2D eigenvalue weighted by atomic mass is 10.1. The summed E-state index contributed by atoms with van der Waals surface area (Å²) in [5.41, 5.74) is 4.00. The predicted octanol–water partition coefficient (Wildman–Crippen LogP) is 3.38. The smallest absolute Gasteiger partial charge is 0.0537 e. The molecule has 0 saturated carbocycles. The molecule has 0 spiro atoms. The second kappa shape index (κ2) is 7.49. The van der Waals surface area contributed by atoms with Gasteiger partial charge in [0.25, 0.3) is 0 Å². The highest BCUT2D eigenvalue weighted by atomic mass is 15.3. The lowest BCUT2D eigenvalue weighted by molar-refractivity contribution is 0.316. The number of aromatic nitrogens is 2. The standard InChI is InChI=1S/C20H30N4/c1-15(2)24-17(4)19(11-22-24)10-21-20-14-23(12-16(20)3)13-18-8-6-5-7-9-18/h5-9,11,15-16,20-21H,10,12-14H2,1-4H3. The summed E-state index contributed by atoms with van der Waals surface area (Å²) in [5, 5.41) is 8.28. The van der Waals surface area contributed by atoms with Crippen LogP contribution in [0.2, 0.25) is 0 Å². The van der Waals surface area contributed by atoms with Crippen molar-refractivity contribution in [3.05, 3.63) is 53.3 Å². The molecule has 2 heterocycles. The molecule has 0 bridgehead atoms. The summed E-state index contributed by atoms with van der Waals surface area (Å²) < 4.78 is 2.11. The fraction of sp³-hybridized carbons (Fsp3) is 0.550. The van der Waals surface area contributed by atoms with Crippen molar-refractivity contribution in [1.29, 1.82) is 0 Å². The van der Waals surface area contributed by atoms with Gasteiger partial charge in [0.1, 0.15) is 0 Å². The topological polar surface area (TPSA) is 33.1 Å². The van der Waals surface area contributed by atoms with Gasteiger partial charge in [-0.1, -0.05) is 37.3 Å². The molecule has 0 aliphatic carbocycles. The Bertz CT molecular complexity index is 647. The largest absolute Gasteiger partial charge is 0.308 e. The molecule has 1 aliphatic rings. The van der Waals surface area contributed by atoms with Gasteiger partial charge in [0.05, 0.1) is 6.20 Å². The molecule has 1 aromatic carbocycles. The summed E-state index contributed by atoms with van der Waals surface area (Å²) in [4.78, 5) is 2.56. The third-order valence-corrected chi connectivity index (χ3v) is 5.13. The van der Waals surface area contributed by atoms with Crippen molar-refractivity contribution in [3.8, 4) is 0 Å². The maximum atomic E-state index is 4.52. The van der Waals surface area contributed by atoms with Crippen molar-refractivity contribution in [1.82, 2.24) is 20.0 Å². The molecule has 1 saturated heterocycles. The van der Waals surface area contributed by atoms with Crippen molar-refractivity contribution in [3.63, 3.8) is 0 Å². The molecule has 1 N–H and O–H groups in total. The lowest BCUT2D eigenvalue weighted by Crippen LogP contribution is -2.35. The van der Waals surface area contributed by atoms with Crippen molar-refractivity contribution in [2.45, 2.75) is 52.9 Å². The molecular weight excluding hydrogens is 296 g/mol. The van der Waals surface area contributed by atoms with Crippen LogP contribution in [-0.4, -0.2) is 33.8 Å². The maximum absolute atomic E-state index is 4.52. The zero-order valence-electron chi connectivity index (χ0n) is 15.4. The quantitative estimate of drug-likeness (QED) is 0.883. The fourth-order valence-corrected chi connectivity index (χ4v) is 3.70. The first-order valence-electron chi connectivity index (χ1n) is 9.07. The minimum Gasteiger partial charge on any atom is -0.308 e. The Morgan fingerprint density at radius 2 is 1.96 bits per heavy atom. The Morgan fingerprint density at radius 1 is 1.21 bits per heavy atom. The van der Waals surface area contributed by atoms with Gasteiger partial charge in [0.15, 0.2) is 0 Å². The lowest BCUT2D eigenvalue weighted by Gasteiger charge is -2.17. The predicted molar refractivity (Wildman–Crippen MR) is 98.9 cm³/mol. The van der Waals surface area contributed by atoms with Crippen LogP contribution >= 0.6 is 0 Å². The number of nitrogens with one attached hydrogen (secondary N) is 1. The molecule has 4 heteroatoms. The van der Waals surface area contributed by atoms with Gasteiger partial charge in [-0.05, 0) is 32.3 Å². The Labute approximate surface area is 145 Å². The maximum Gasteiger partial charge on any atom is 0.0537 e. The van der Waals surface area contributed by atoms with Crippen molar-refractivity contribution in [2.75, 3.05) is 13.1 Å². The number of benzene rings is 1. The van der Waals surface area contributed by atoms with E-state index in [0.717, 1.165) is 26.2 Å². The third-order valence-electron chi connectivity index (χ3n) is 5.13. The molecule has 1 fully saturated rings. The summed E-state index contributed by atoms with van der Waals surface area (Å²) in [6.45, 7) is 13.1. The molecule has 0 amide bonds. The van der Waals surface area contributed by atoms with Crippen molar-refractivity contribution < 1.29 is 0 Å². The number of likely N-dealkylation sites (tertiary alicyclic amines) is 1. The molecule has 2 atom stereocenters. The van der Waals surface area contributed by atoms with E-state index in [2.05, 4.69) is 78.0 Å². The highest BCUT2D eigenvalue weighted by Crippen LogP contribution is 2.20. The van der Waals surface area contributed by atoms with E-state index in [1.54, 1.807) is 0 Å². The van der Waals surface area contributed by atoms with E-state index in [9.17, 15) is 0 Å². The summed E-state index contributed by atoms with van der Waals surface area (Å²) in [7, 11) is 0. The molecule has 24 heavy (non-hydrogen) atoms. The van der Waals surface area contributed by atoms with Gasteiger partial charge in [-0.3, -0.25) is 9.58 Å². The number of nitrogens with zero attached hydrogens (tertiary/aromatic N) is 3. The molecule has 1 aliphatic heterocycles. The zero-order valence-corrected chi connectivity index (χ0v) is 15.4. The van der Waals surface area contributed by atoms with Crippen molar-refractivity contribution in [2.24, 2.45) is 5.92 Å². The van der Waals surface area contributed by atoms with Crippen LogP contribution in [0, 0.1) is 12.8 Å². The van der Waals surface area contributed by atoms with E-state index in [4.69, 9.17) is 0 Å². The van der Waals surface area contributed by atoms with Gasteiger partial charge in [-0.2, -0.15) is 5.10 Å². The first-order valence-corrected chi connectivity index (χ1v) is 9.07. The van der Waals surface area contributed by atoms with Gasteiger partial charge < -0.3 is 5.32 Å². The Balaban J connectivity index is 1.54. The SMILES string of the molecule is Cc1c(CNC2CN(Cc3ccccc3)CC2C)cnn1C(C)C. The Kier molecular flexibility index (Phi) is 5.36. The van der Waals surface area contributed by atoms with E-state index >= 15 is 0 Å². The summed E-state index contributed by atoms with van der Waals surface area (Å²) in [6, 6.07) is 11.7. The minimum atomic E-state index is 0.422. The summed E-state index contributed by atoms with van der Waals surface area (Å²) in [5.74, 6) is 0.675.